The molecular weight excluding hydrogens is 230 g/mol. The van der Waals surface area contributed by atoms with E-state index in [-0.39, 0.29) is 23.9 Å². The first-order valence-electron chi connectivity index (χ1n) is 5.17. The minimum Gasteiger partial charge on any atom is -0.494 e. The summed E-state index contributed by atoms with van der Waals surface area (Å²) in [5.74, 6) is -1.80. The Kier molecular flexibility index (Phi) is 3.23. The van der Waals surface area contributed by atoms with Gasteiger partial charge in [0.1, 0.15) is 0 Å². The molecular formula is C11H12F2N2O2. The molecule has 17 heavy (non-hydrogen) atoms. The highest BCUT2D eigenvalue weighted by atomic mass is 19.1. The summed E-state index contributed by atoms with van der Waals surface area (Å²) in [6.45, 7) is 1.01. The van der Waals surface area contributed by atoms with Crippen LogP contribution in [0.4, 0.5) is 14.5 Å². The molecule has 0 aromatic heterocycles. The number of nitrogens with one attached hydrogen (secondary N) is 1. The summed E-state index contributed by atoms with van der Waals surface area (Å²) in [5, 5.41) is 2.86. The Labute approximate surface area is 97.2 Å². The van der Waals surface area contributed by atoms with Crippen molar-refractivity contribution in [2.24, 2.45) is 0 Å². The fourth-order valence-corrected chi connectivity index (χ4v) is 1.74. The van der Waals surface area contributed by atoms with Crippen LogP contribution >= 0.6 is 0 Å². The summed E-state index contributed by atoms with van der Waals surface area (Å²) < 4.78 is 31.8. The van der Waals surface area contributed by atoms with Gasteiger partial charge in [0, 0.05) is 25.2 Å². The molecule has 1 fully saturated rings. The molecule has 1 amide bonds. The molecule has 0 aliphatic carbocycles. The van der Waals surface area contributed by atoms with Crippen molar-refractivity contribution < 1.29 is 18.3 Å². The van der Waals surface area contributed by atoms with Crippen molar-refractivity contribution >= 4 is 11.6 Å². The molecule has 6 heteroatoms. The Morgan fingerprint density at radius 3 is 2.76 bits per heavy atom. The number of ether oxygens (including phenoxy) is 1. The lowest BCUT2D eigenvalue weighted by molar-refractivity contribution is -0.118. The molecule has 0 unspecified atom stereocenters. The molecule has 2 rings (SSSR count). The molecule has 0 spiro atoms. The number of carbonyl (C=O) groups is 1. The number of rotatable bonds is 2. The van der Waals surface area contributed by atoms with Gasteiger partial charge >= 0.3 is 0 Å². The number of carbonyl (C=O) groups excluding carboxylic acids is 1. The topological polar surface area (TPSA) is 41.6 Å². The van der Waals surface area contributed by atoms with Crippen molar-refractivity contribution in [2.75, 3.05) is 31.6 Å². The van der Waals surface area contributed by atoms with Crippen molar-refractivity contribution in [3.63, 3.8) is 0 Å². The van der Waals surface area contributed by atoms with E-state index >= 15 is 0 Å². The molecule has 1 aromatic rings. The summed E-state index contributed by atoms with van der Waals surface area (Å²) in [5.41, 5.74) is -0.0465. The minimum atomic E-state index is -0.685. The van der Waals surface area contributed by atoms with E-state index in [4.69, 9.17) is 0 Å². The van der Waals surface area contributed by atoms with Crippen LogP contribution in [-0.2, 0) is 4.79 Å². The average molecular weight is 242 g/mol. The lowest BCUT2D eigenvalue weighted by atomic mass is 10.2. The fourth-order valence-electron chi connectivity index (χ4n) is 1.74. The molecule has 1 N–H and O–H groups in total. The maximum absolute atomic E-state index is 13.7. The van der Waals surface area contributed by atoms with Crippen molar-refractivity contribution in [3.8, 4) is 5.75 Å². The lowest BCUT2D eigenvalue weighted by Crippen LogP contribution is -2.48. The highest BCUT2D eigenvalue weighted by Crippen LogP contribution is 2.27. The van der Waals surface area contributed by atoms with Gasteiger partial charge in [-0.05, 0) is 0 Å². The largest absolute Gasteiger partial charge is 0.494 e. The third kappa shape index (κ3) is 2.21. The van der Waals surface area contributed by atoms with E-state index in [0.29, 0.717) is 13.1 Å². The second-order valence-electron chi connectivity index (χ2n) is 3.66. The molecule has 0 bridgehead atoms. The van der Waals surface area contributed by atoms with E-state index in [1.807, 2.05) is 0 Å². The average Bonchev–Trinajstić information content (AvgIpc) is 2.32. The number of methoxy groups -OCH3 is 1. The van der Waals surface area contributed by atoms with E-state index in [0.717, 1.165) is 12.1 Å². The molecule has 92 valence electrons. The second kappa shape index (κ2) is 4.67. The molecule has 1 aliphatic rings. The van der Waals surface area contributed by atoms with E-state index in [9.17, 15) is 13.6 Å². The van der Waals surface area contributed by atoms with E-state index < -0.39 is 11.6 Å². The molecule has 1 aromatic carbocycles. The van der Waals surface area contributed by atoms with Crippen LogP contribution in [0, 0.1) is 11.6 Å². The quantitative estimate of drug-likeness (QED) is 0.838. The number of amides is 1. The van der Waals surface area contributed by atoms with Gasteiger partial charge in [-0.15, -0.1) is 0 Å². The van der Waals surface area contributed by atoms with Gasteiger partial charge in [0.25, 0.3) is 0 Å². The summed E-state index contributed by atoms with van der Waals surface area (Å²) in [6.07, 6.45) is 0. The molecule has 1 saturated heterocycles. The maximum Gasteiger partial charge on any atom is 0.241 e. The first-order chi connectivity index (χ1) is 8.13. The third-order valence-electron chi connectivity index (χ3n) is 2.60. The molecule has 0 radical (unpaired) electrons. The summed E-state index contributed by atoms with van der Waals surface area (Å²) >= 11 is 0. The normalized spacial score (nSPS) is 16.2. The first-order valence-corrected chi connectivity index (χ1v) is 5.17. The smallest absolute Gasteiger partial charge is 0.241 e. The molecule has 1 heterocycles. The van der Waals surface area contributed by atoms with Crippen LogP contribution in [0.25, 0.3) is 0 Å². The van der Waals surface area contributed by atoms with Gasteiger partial charge in [0.2, 0.25) is 5.91 Å². The van der Waals surface area contributed by atoms with Gasteiger partial charge in [0.15, 0.2) is 17.4 Å². The standard InChI is InChI=1S/C11H12F2N2O2/c1-17-10-5-7(12)9(4-8(10)13)15-3-2-14-6-11(15)16/h4-5,14H,2-3,6H2,1H3. The van der Waals surface area contributed by atoms with Gasteiger partial charge in [-0.25, -0.2) is 8.78 Å². The molecule has 0 saturated carbocycles. The minimum absolute atomic E-state index is 0.0465. The zero-order valence-electron chi connectivity index (χ0n) is 9.30. The number of halogens is 2. The Hall–Kier alpha value is -1.69. The highest BCUT2D eigenvalue weighted by Gasteiger charge is 2.23. The van der Waals surface area contributed by atoms with Crippen LogP contribution in [0.15, 0.2) is 12.1 Å². The van der Waals surface area contributed by atoms with Crippen LogP contribution in [0.1, 0.15) is 0 Å². The van der Waals surface area contributed by atoms with Crippen LogP contribution in [-0.4, -0.2) is 32.7 Å². The first kappa shape index (κ1) is 11.8. The van der Waals surface area contributed by atoms with Gasteiger partial charge in [-0.1, -0.05) is 0 Å². The van der Waals surface area contributed by atoms with Gasteiger partial charge in [-0.3, -0.25) is 4.79 Å². The van der Waals surface area contributed by atoms with Crippen LogP contribution in [0.5, 0.6) is 5.75 Å². The van der Waals surface area contributed by atoms with Crippen LogP contribution < -0.4 is 15.0 Å². The van der Waals surface area contributed by atoms with E-state index in [1.165, 1.54) is 12.0 Å². The molecule has 1 aliphatic heterocycles. The number of piperazine rings is 1. The Bertz CT molecular complexity index is 451. The Balaban J connectivity index is 2.38. The zero-order chi connectivity index (χ0) is 12.4. The zero-order valence-corrected chi connectivity index (χ0v) is 9.30. The number of benzene rings is 1. The van der Waals surface area contributed by atoms with E-state index in [1.54, 1.807) is 0 Å². The van der Waals surface area contributed by atoms with E-state index in [2.05, 4.69) is 10.1 Å². The monoisotopic (exact) mass is 242 g/mol. The molecule has 4 nitrogen and oxygen atoms in total. The SMILES string of the molecule is COc1cc(F)c(N2CCNCC2=O)cc1F. The highest BCUT2D eigenvalue weighted by molar-refractivity contribution is 5.95. The Morgan fingerprint density at radius 1 is 1.35 bits per heavy atom. The lowest BCUT2D eigenvalue weighted by Gasteiger charge is -2.27. The molecule has 0 atom stereocenters. The van der Waals surface area contributed by atoms with Crippen molar-refractivity contribution in [1.29, 1.82) is 0 Å². The second-order valence-corrected chi connectivity index (χ2v) is 3.66. The van der Waals surface area contributed by atoms with Crippen LogP contribution in [0.2, 0.25) is 0 Å². The predicted octanol–water partition coefficient (Wildman–Crippen LogP) is 0.910. The number of anilines is 1. The van der Waals surface area contributed by atoms with Gasteiger partial charge < -0.3 is 15.0 Å². The summed E-state index contributed by atoms with van der Waals surface area (Å²) in [4.78, 5) is 12.8. The number of hydrogen-bond acceptors (Lipinski definition) is 3. The van der Waals surface area contributed by atoms with Crippen molar-refractivity contribution in [3.05, 3.63) is 23.8 Å². The third-order valence-corrected chi connectivity index (χ3v) is 2.60. The van der Waals surface area contributed by atoms with Crippen molar-refractivity contribution in [1.82, 2.24) is 5.32 Å². The van der Waals surface area contributed by atoms with Gasteiger partial charge in [0.05, 0.1) is 19.3 Å². The number of hydrogen-bond donors (Lipinski definition) is 1. The Morgan fingerprint density at radius 2 is 2.12 bits per heavy atom. The van der Waals surface area contributed by atoms with Crippen LogP contribution in [0.3, 0.4) is 0 Å². The summed E-state index contributed by atoms with van der Waals surface area (Å²) in [6, 6.07) is 1.93. The predicted molar refractivity (Wildman–Crippen MR) is 58.1 cm³/mol. The fraction of sp³-hybridized carbons (Fsp3) is 0.364. The maximum atomic E-state index is 13.7. The van der Waals surface area contributed by atoms with Crippen molar-refractivity contribution in [2.45, 2.75) is 0 Å². The van der Waals surface area contributed by atoms with Gasteiger partial charge in [-0.2, -0.15) is 0 Å². The number of nitrogens with zero attached hydrogens (tertiary/aromatic N) is 1. The summed E-state index contributed by atoms with van der Waals surface area (Å²) in [7, 11) is 1.26.